The van der Waals surface area contributed by atoms with Crippen LogP contribution in [0.4, 0.5) is 8.78 Å². The minimum atomic E-state index is -0.780. The summed E-state index contributed by atoms with van der Waals surface area (Å²) in [6.07, 6.45) is -0.638. The molecular weight excluding hydrogens is 414 g/mol. The predicted octanol–water partition coefficient (Wildman–Crippen LogP) is 1.09. The van der Waals surface area contributed by atoms with Gasteiger partial charge in [0, 0.05) is 43.7 Å². The molecule has 2 rings (SSSR count). The lowest BCUT2D eigenvalue weighted by atomic mass is 10.2. The van der Waals surface area contributed by atoms with Crippen molar-refractivity contribution in [1.82, 2.24) is 9.80 Å². The molecule has 1 aliphatic rings. The maximum absolute atomic E-state index is 13.6. The Morgan fingerprint density at radius 3 is 2.31 bits per heavy atom. The second-order valence-electron chi connectivity index (χ2n) is 6.14. The molecule has 0 spiro atoms. The first kappa shape index (κ1) is 21.5. The number of β-amino-alcohol motifs (C(OH)–C–C–N with tert-alkyl or cyclic N) is 2. The lowest BCUT2D eigenvalue weighted by Crippen LogP contribution is -2.49. The number of piperazine rings is 1. The highest BCUT2D eigenvalue weighted by Crippen LogP contribution is 2.25. The fraction of sp³-hybridized carbons (Fsp3) is 0.647. The zero-order valence-electron chi connectivity index (χ0n) is 14.5. The van der Waals surface area contributed by atoms with Gasteiger partial charge in [-0.2, -0.15) is 0 Å². The normalized spacial score (nSPS) is 17.4. The van der Waals surface area contributed by atoms with Gasteiger partial charge < -0.3 is 19.7 Å². The Hall–Kier alpha value is -0.840. The molecule has 0 amide bonds. The molecule has 1 atom stereocenters. The van der Waals surface area contributed by atoms with Crippen molar-refractivity contribution in [3.05, 3.63) is 28.2 Å². The molecule has 0 radical (unpaired) electrons. The van der Waals surface area contributed by atoms with Crippen LogP contribution in [0.2, 0.25) is 0 Å². The van der Waals surface area contributed by atoms with Gasteiger partial charge in [-0.3, -0.25) is 9.80 Å². The van der Waals surface area contributed by atoms with Gasteiger partial charge in [0.15, 0.2) is 17.4 Å². The first-order chi connectivity index (χ1) is 12.5. The zero-order chi connectivity index (χ0) is 18.9. The van der Waals surface area contributed by atoms with Crippen LogP contribution in [0.15, 0.2) is 16.6 Å². The number of ether oxygens (including phenoxy) is 2. The van der Waals surface area contributed by atoms with Crippen LogP contribution in [0.5, 0.6) is 5.75 Å². The second kappa shape index (κ2) is 11.1. The van der Waals surface area contributed by atoms with E-state index in [1.54, 1.807) is 0 Å². The van der Waals surface area contributed by atoms with Crippen molar-refractivity contribution < 1.29 is 28.5 Å². The molecule has 148 valence electrons. The third kappa shape index (κ3) is 7.05. The molecule has 1 aliphatic heterocycles. The van der Waals surface area contributed by atoms with Crippen molar-refractivity contribution >= 4 is 15.9 Å². The Labute approximate surface area is 160 Å². The lowest BCUT2D eigenvalue weighted by molar-refractivity contribution is -0.00126. The maximum atomic E-state index is 13.6. The Kier molecular flexibility index (Phi) is 9.17. The van der Waals surface area contributed by atoms with Crippen molar-refractivity contribution in [2.24, 2.45) is 0 Å². The number of hydrogen-bond acceptors (Lipinski definition) is 6. The van der Waals surface area contributed by atoms with E-state index in [0.717, 1.165) is 38.3 Å². The summed E-state index contributed by atoms with van der Waals surface area (Å²) in [6, 6.07) is 2.26. The predicted molar refractivity (Wildman–Crippen MR) is 96.3 cm³/mol. The molecule has 0 bridgehead atoms. The highest BCUT2D eigenvalue weighted by Gasteiger charge is 2.19. The molecule has 0 aliphatic carbocycles. The van der Waals surface area contributed by atoms with E-state index in [0.29, 0.717) is 17.6 Å². The fourth-order valence-corrected chi connectivity index (χ4v) is 3.18. The van der Waals surface area contributed by atoms with Gasteiger partial charge in [0.1, 0.15) is 6.61 Å². The Morgan fingerprint density at radius 1 is 1.08 bits per heavy atom. The smallest absolute Gasteiger partial charge is 0.190 e. The minimum absolute atomic E-state index is 0.0119. The monoisotopic (exact) mass is 438 g/mol. The van der Waals surface area contributed by atoms with E-state index in [4.69, 9.17) is 14.6 Å². The minimum Gasteiger partial charge on any atom is -0.485 e. The van der Waals surface area contributed by atoms with Crippen LogP contribution in [0, 0.1) is 11.6 Å². The van der Waals surface area contributed by atoms with Crippen molar-refractivity contribution in [2.45, 2.75) is 6.10 Å². The molecule has 9 heteroatoms. The molecule has 1 saturated heterocycles. The summed E-state index contributed by atoms with van der Waals surface area (Å²) in [5.41, 5.74) is 0. The van der Waals surface area contributed by atoms with E-state index in [1.807, 2.05) is 0 Å². The number of rotatable bonds is 10. The fourth-order valence-electron chi connectivity index (χ4n) is 2.78. The Morgan fingerprint density at radius 2 is 1.69 bits per heavy atom. The summed E-state index contributed by atoms with van der Waals surface area (Å²) in [4.78, 5) is 4.32. The molecule has 1 heterocycles. The molecule has 0 saturated carbocycles. The molecule has 0 aromatic heterocycles. The molecule has 6 nitrogen and oxygen atoms in total. The van der Waals surface area contributed by atoms with Crippen molar-refractivity contribution in [2.75, 3.05) is 65.7 Å². The second-order valence-corrected chi connectivity index (χ2v) is 7.06. The van der Waals surface area contributed by atoms with Crippen LogP contribution in [0.1, 0.15) is 0 Å². The van der Waals surface area contributed by atoms with Gasteiger partial charge in [-0.25, -0.2) is 8.78 Å². The van der Waals surface area contributed by atoms with Gasteiger partial charge in [-0.05, 0) is 12.1 Å². The molecule has 1 aromatic rings. The van der Waals surface area contributed by atoms with Crippen LogP contribution in [0.25, 0.3) is 0 Å². The van der Waals surface area contributed by atoms with Gasteiger partial charge in [-0.1, -0.05) is 15.9 Å². The summed E-state index contributed by atoms with van der Waals surface area (Å²) >= 11 is 3.00. The summed E-state index contributed by atoms with van der Waals surface area (Å²) in [6.45, 7) is 4.99. The van der Waals surface area contributed by atoms with Crippen molar-refractivity contribution in [3.63, 3.8) is 0 Å². The summed E-state index contributed by atoms with van der Waals surface area (Å²) in [5.74, 6) is -1.99. The zero-order valence-corrected chi connectivity index (χ0v) is 16.1. The van der Waals surface area contributed by atoms with Crippen LogP contribution in [0.3, 0.4) is 0 Å². The third-order valence-electron chi connectivity index (χ3n) is 4.10. The standard InChI is InChI=1S/C17H25BrF2N2O4/c18-13-9-15(19)17(16(20)10-13)26-8-7-25-12-14(24)11-22-3-1-21(2-4-22)5-6-23/h9-10,14,23-24H,1-8,11-12H2. The molecular formula is C17H25BrF2N2O4. The van der Waals surface area contributed by atoms with E-state index >= 15 is 0 Å². The van der Waals surface area contributed by atoms with Gasteiger partial charge in [0.25, 0.3) is 0 Å². The number of nitrogens with zero attached hydrogens (tertiary/aromatic N) is 2. The molecule has 26 heavy (non-hydrogen) atoms. The number of hydrogen-bond donors (Lipinski definition) is 2. The average Bonchev–Trinajstić information content (AvgIpc) is 2.58. The van der Waals surface area contributed by atoms with Crippen molar-refractivity contribution in [3.8, 4) is 5.75 Å². The number of aliphatic hydroxyl groups excluding tert-OH is 2. The first-order valence-corrected chi connectivity index (χ1v) is 9.37. The largest absolute Gasteiger partial charge is 0.485 e. The van der Waals surface area contributed by atoms with Gasteiger partial charge in [-0.15, -0.1) is 0 Å². The summed E-state index contributed by atoms with van der Waals surface area (Å²) in [5, 5.41) is 18.9. The Balaban J connectivity index is 1.59. The molecule has 1 unspecified atom stereocenters. The number of aliphatic hydroxyl groups is 2. The van der Waals surface area contributed by atoms with E-state index in [1.165, 1.54) is 0 Å². The first-order valence-electron chi connectivity index (χ1n) is 8.58. The van der Waals surface area contributed by atoms with E-state index in [-0.39, 0.29) is 26.4 Å². The van der Waals surface area contributed by atoms with Gasteiger partial charge in [0.05, 0.1) is 25.9 Å². The quantitative estimate of drug-likeness (QED) is 0.533. The maximum Gasteiger partial charge on any atom is 0.190 e. The topological polar surface area (TPSA) is 65.4 Å². The summed E-state index contributed by atoms with van der Waals surface area (Å²) in [7, 11) is 0. The molecule has 1 aromatic carbocycles. The van der Waals surface area contributed by atoms with E-state index in [9.17, 15) is 13.9 Å². The average molecular weight is 439 g/mol. The van der Waals surface area contributed by atoms with Crippen LogP contribution >= 0.6 is 15.9 Å². The molecule has 2 N–H and O–H groups in total. The van der Waals surface area contributed by atoms with E-state index < -0.39 is 23.5 Å². The Bertz CT molecular complexity index is 537. The van der Waals surface area contributed by atoms with Crippen LogP contribution < -0.4 is 4.74 Å². The van der Waals surface area contributed by atoms with Gasteiger partial charge >= 0.3 is 0 Å². The number of halogens is 3. The third-order valence-corrected chi connectivity index (χ3v) is 4.56. The highest BCUT2D eigenvalue weighted by molar-refractivity contribution is 9.10. The SMILES string of the molecule is OCCN1CCN(CC(O)COCCOc2c(F)cc(Br)cc2F)CC1. The van der Waals surface area contributed by atoms with Crippen LogP contribution in [-0.4, -0.2) is 91.8 Å². The lowest BCUT2D eigenvalue weighted by Gasteiger charge is -2.35. The van der Waals surface area contributed by atoms with Crippen LogP contribution in [-0.2, 0) is 4.74 Å². The van der Waals surface area contributed by atoms with Crippen molar-refractivity contribution in [1.29, 1.82) is 0 Å². The van der Waals surface area contributed by atoms with E-state index in [2.05, 4.69) is 25.7 Å². The number of benzene rings is 1. The highest BCUT2D eigenvalue weighted by atomic mass is 79.9. The van der Waals surface area contributed by atoms with Gasteiger partial charge in [0.2, 0.25) is 0 Å². The summed E-state index contributed by atoms with van der Waals surface area (Å²) < 4.78 is 37.9. The molecule has 1 fully saturated rings.